The van der Waals surface area contributed by atoms with Crippen LogP contribution in [-0.4, -0.2) is 73.7 Å². The van der Waals surface area contributed by atoms with Gasteiger partial charge in [-0.15, -0.1) is 0 Å². The van der Waals surface area contributed by atoms with E-state index in [-0.39, 0.29) is 73.7 Å². The molecule has 5 aliphatic heterocycles. The maximum atomic E-state index is 6.79. The first-order chi connectivity index (χ1) is 35.6. The van der Waals surface area contributed by atoms with Crippen molar-refractivity contribution in [1.82, 2.24) is 42.5 Å². The first-order valence-corrected chi connectivity index (χ1v) is 28.3. The van der Waals surface area contributed by atoms with Gasteiger partial charge in [0.05, 0.1) is 100 Å². The summed E-state index contributed by atoms with van der Waals surface area (Å²) in [6.45, 7) is 2.67. The lowest BCUT2D eigenvalue weighted by Gasteiger charge is -2.39. The molecule has 0 spiro atoms. The van der Waals surface area contributed by atoms with Crippen LogP contribution in [0.1, 0.15) is 99.3 Å². The molecule has 4 aliphatic carbocycles. The normalized spacial score (nSPS) is 41.2. The molecule has 8 N–H and O–H groups in total. The molecule has 9 aliphatic rings. The second kappa shape index (κ2) is 21.9. The minimum absolute atomic E-state index is 0.134. The van der Waals surface area contributed by atoms with Crippen LogP contribution in [0.15, 0.2) is 121 Å². The molecule has 12 heteroatoms. The summed E-state index contributed by atoms with van der Waals surface area (Å²) >= 11 is 0. The lowest BCUT2D eigenvalue weighted by Crippen LogP contribution is -2.61. The number of hydrogen-bond acceptors (Lipinski definition) is 12. The van der Waals surface area contributed by atoms with E-state index in [4.69, 9.17) is 18.9 Å². The smallest absolute Gasteiger partial charge is 0.0720 e. The van der Waals surface area contributed by atoms with Crippen molar-refractivity contribution in [3.63, 3.8) is 0 Å². The van der Waals surface area contributed by atoms with E-state index in [1.807, 2.05) is 0 Å². The summed E-state index contributed by atoms with van der Waals surface area (Å²) < 4.78 is 27.2. The Labute approximate surface area is 428 Å². The van der Waals surface area contributed by atoms with Crippen molar-refractivity contribution >= 4 is 0 Å². The maximum absolute atomic E-state index is 6.79. The van der Waals surface area contributed by atoms with E-state index in [1.54, 1.807) is 0 Å². The molecule has 4 aromatic rings. The molecule has 9 fully saturated rings. The van der Waals surface area contributed by atoms with Gasteiger partial charge in [-0.05, 0) is 147 Å². The van der Waals surface area contributed by atoms with E-state index in [0.29, 0.717) is 73.8 Å². The van der Waals surface area contributed by atoms with Gasteiger partial charge in [-0.1, -0.05) is 121 Å². The van der Waals surface area contributed by atoms with Gasteiger partial charge in [0.15, 0.2) is 0 Å². The van der Waals surface area contributed by atoms with Gasteiger partial charge in [0, 0.05) is 0 Å². The maximum Gasteiger partial charge on any atom is 0.0720 e. The number of rotatable bonds is 12. The Morgan fingerprint density at radius 1 is 0.250 bits per heavy atom. The molecular formula is C60H80N8O4. The second-order valence-corrected chi connectivity index (χ2v) is 23.4. The number of hydrogen-bond donors (Lipinski definition) is 8. The zero-order valence-electron chi connectivity index (χ0n) is 42.0. The Hall–Kier alpha value is -3.60. The first kappa shape index (κ1) is 48.1. The van der Waals surface area contributed by atoms with Crippen LogP contribution in [0.2, 0.25) is 0 Å². The number of ether oxygens (including phenoxy) is 4. The van der Waals surface area contributed by atoms with E-state index in [2.05, 4.69) is 164 Å². The molecule has 4 aromatic carbocycles. The largest absolute Gasteiger partial charge is 0.374 e. The van der Waals surface area contributed by atoms with Gasteiger partial charge in [-0.25, -0.2) is 0 Å². The third-order valence-corrected chi connectivity index (χ3v) is 19.2. The Morgan fingerprint density at radius 3 is 0.653 bits per heavy atom. The highest BCUT2D eigenvalue weighted by Gasteiger charge is 2.56. The van der Waals surface area contributed by atoms with Crippen molar-refractivity contribution < 1.29 is 18.9 Å². The van der Waals surface area contributed by atoms with Crippen molar-refractivity contribution in [2.24, 2.45) is 47.3 Å². The highest BCUT2D eigenvalue weighted by Crippen LogP contribution is 2.47. The van der Waals surface area contributed by atoms with Gasteiger partial charge in [0.2, 0.25) is 0 Å². The number of nitrogens with one attached hydrogen (secondary N) is 8. The molecule has 0 aromatic heterocycles. The van der Waals surface area contributed by atoms with Gasteiger partial charge in [0.1, 0.15) is 0 Å². The van der Waals surface area contributed by atoms with Crippen LogP contribution in [0.3, 0.4) is 0 Å². The molecule has 4 saturated carbocycles. The van der Waals surface area contributed by atoms with Crippen molar-refractivity contribution in [1.29, 1.82) is 0 Å². The van der Waals surface area contributed by atoms with Crippen molar-refractivity contribution in [2.75, 3.05) is 0 Å². The van der Waals surface area contributed by atoms with E-state index < -0.39 is 0 Å². The quantitative estimate of drug-likeness (QED) is 0.0721. The van der Waals surface area contributed by atoms with E-state index in [0.717, 1.165) is 77.0 Å². The Morgan fingerprint density at radius 2 is 0.444 bits per heavy atom. The molecule has 384 valence electrons. The summed E-state index contributed by atoms with van der Waals surface area (Å²) in [7, 11) is 0. The van der Waals surface area contributed by atoms with Crippen LogP contribution < -0.4 is 42.5 Å². The third-order valence-electron chi connectivity index (χ3n) is 19.2. The molecular weight excluding hydrogens is 897 g/mol. The topological polar surface area (TPSA) is 133 Å². The molecule has 5 heterocycles. The predicted molar refractivity (Wildman–Crippen MR) is 279 cm³/mol. The lowest BCUT2D eigenvalue weighted by molar-refractivity contribution is -0.0229. The SMILES string of the molecule is c1ccc(COC2CCC3C4NC5NC(NC6NC(NC7NC(NC(N4)C3C2)C2CCC(OCc3ccccc3)CC72)C2CCC(OCc3ccccc3)CC62)C2CC(OCc3ccccc3)CCC52)cc1. The average molecular weight is 977 g/mol. The Bertz CT molecular complexity index is 2340. The highest BCUT2D eigenvalue weighted by atomic mass is 16.5. The monoisotopic (exact) mass is 977 g/mol. The van der Waals surface area contributed by atoms with Crippen LogP contribution in [0.4, 0.5) is 0 Å². The van der Waals surface area contributed by atoms with Crippen LogP contribution in [0.5, 0.6) is 0 Å². The highest BCUT2D eigenvalue weighted by molar-refractivity contribution is 5.17. The summed E-state index contributed by atoms with van der Waals surface area (Å²) in [4.78, 5) is 0. The van der Waals surface area contributed by atoms with E-state index in [9.17, 15) is 0 Å². The summed E-state index contributed by atoms with van der Waals surface area (Å²) in [5, 5.41) is 34.6. The van der Waals surface area contributed by atoms with E-state index in [1.165, 1.54) is 22.3 Å². The first-order valence-electron chi connectivity index (χ1n) is 28.3. The minimum Gasteiger partial charge on any atom is -0.374 e. The number of fused-ring (bicyclic) bond motifs is 20. The van der Waals surface area contributed by atoms with Gasteiger partial charge in [0.25, 0.3) is 0 Å². The van der Waals surface area contributed by atoms with Gasteiger partial charge in [-0.3, -0.25) is 42.5 Å². The molecule has 12 nitrogen and oxygen atoms in total. The fourth-order valence-corrected chi connectivity index (χ4v) is 15.6. The molecule has 13 rings (SSSR count). The average Bonchev–Trinajstić information content (AvgIpc) is 4.16. The summed E-state index contributed by atoms with van der Waals surface area (Å²) in [5.74, 6) is 3.67. The third kappa shape index (κ3) is 10.5. The van der Waals surface area contributed by atoms with Crippen LogP contribution in [-0.2, 0) is 45.4 Å². The molecule has 8 bridgehead atoms. The number of benzene rings is 4. The Balaban J connectivity index is 0.792. The van der Waals surface area contributed by atoms with Crippen molar-refractivity contribution in [2.45, 2.75) is 177 Å². The molecule has 20 unspecified atom stereocenters. The van der Waals surface area contributed by atoms with Gasteiger partial charge < -0.3 is 18.9 Å². The molecule has 5 saturated heterocycles. The zero-order valence-corrected chi connectivity index (χ0v) is 42.0. The molecule has 0 radical (unpaired) electrons. The molecule has 72 heavy (non-hydrogen) atoms. The fraction of sp³-hybridized carbons (Fsp3) is 0.600. The summed E-state index contributed by atoms with van der Waals surface area (Å²) in [6, 6.07) is 42.9. The van der Waals surface area contributed by atoms with Crippen LogP contribution in [0.25, 0.3) is 0 Å². The summed E-state index contributed by atoms with van der Waals surface area (Å²) in [6.07, 6.45) is 15.3. The van der Waals surface area contributed by atoms with E-state index >= 15 is 0 Å². The standard InChI is InChI=1S/C60H80N8O4/c1-5-13-37(14-6-1)33-69-41-21-25-45-49(29-41)57-62-53(45)61-54-46-26-22-43(71-35-39-17-9-3-10-18-39)31-51(46)59(63-54)68-60-52-32-44(72-36-40-19-11-4-12-20-40)24-28-48(52)56(67-60)66-58-50-30-42(23-27-47(50)55(64-57)65-58)70-34-38-15-7-2-8-16-38/h1-20,41-68H,21-36H2. The lowest BCUT2D eigenvalue weighted by atomic mass is 9.75. The van der Waals surface area contributed by atoms with Gasteiger partial charge in [-0.2, -0.15) is 0 Å². The summed E-state index contributed by atoms with van der Waals surface area (Å²) in [5.41, 5.74) is 5.00. The van der Waals surface area contributed by atoms with Crippen LogP contribution in [0, 0.1) is 47.3 Å². The van der Waals surface area contributed by atoms with Crippen molar-refractivity contribution in [3.05, 3.63) is 144 Å². The van der Waals surface area contributed by atoms with Gasteiger partial charge >= 0.3 is 0 Å². The Kier molecular flexibility index (Phi) is 14.6. The zero-order chi connectivity index (χ0) is 47.8. The minimum atomic E-state index is 0.134. The van der Waals surface area contributed by atoms with Crippen molar-refractivity contribution in [3.8, 4) is 0 Å². The van der Waals surface area contributed by atoms with Crippen LogP contribution >= 0.6 is 0 Å². The second-order valence-electron chi connectivity index (χ2n) is 23.4. The molecule has 20 atom stereocenters. The predicted octanol–water partition coefficient (Wildman–Crippen LogP) is 7.39. The molecule has 0 amide bonds. The fourth-order valence-electron chi connectivity index (χ4n) is 15.6.